The number of fused-ring (bicyclic) bond motifs is 1. The third-order valence-electron chi connectivity index (χ3n) is 5.12. The van der Waals surface area contributed by atoms with Gasteiger partial charge in [0.15, 0.2) is 0 Å². The summed E-state index contributed by atoms with van der Waals surface area (Å²) in [5.41, 5.74) is 3.21. The van der Waals surface area contributed by atoms with Gasteiger partial charge in [0.25, 0.3) is 0 Å². The lowest BCUT2D eigenvalue weighted by atomic mass is 10.1. The predicted molar refractivity (Wildman–Crippen MR) is 123 cm³/mol. The molecule has 31 heavy (non-hydrogen) atoms. The van der Waals surface area contributed by atoms with E-state index in [1.807, 2.05) is 65.9 Å². The molecule has 0 radical (unpaired) electrons. The van der Waals surface area contributed by atoms with Gasteiger partial charge in [-0.1, -0.05) is 12.1 Å². The number of nitrogens with zero attached hydrogens (tertiary/aromatic N) is 2. The highest BCUT2D eigenvalue weighted by atomic mass is 16.2. The Bertz CT molecular complexity index is 1080. The molecule has 0 spiro atoms. The van der Waals surface area contributed by atoms with Gasteiger partial charge < -0.3 is 20.1 Å². The van der Waals surface area contributed by atoms with Crippen molar-refractivity contribution in [1.82, 2.24) is 9.47 Å². The van der Waals surface area contributed by atoms with Crippen LogP contribution in [0.4, 0.5) is 11.4 Å². The predicted octanol–water partition coefficient (Wildman–Crippen LogP) is 3.65. The highest BCUT2D eigenvalue weighted by Crippen LogP contribution is 2.21. The Kier molecular flexibility index (Phi) is 7.07. The second-order valence-electron chi connectivity index (χ2n) is 7.39. The van der Waals surface area contributed by atoms with Crippen LogP contribution in [0.3, 0.4) is 0 Å². The summed E-state index contributed by atoms with van der Waals surface area (Å²) in [4.78, 5) is 37.7. The number of aromatic nitrogens is 1. The van der Waals surface area contributed by atoms with Gasteiger partial charge in [-0.05, 0) is 55.8 Å². The van der Waals surface area contributed by atoms with Crippen LogP contribution >= 0.6 is 0 Å². The van der Waals surface area contributed by atoms with E-state index in [2.05, 4.69) is 10.6 Å². The maximum atomic E-state index is 12.4. The zero-order chi connectivity index (χ0) is 22.4. The van der Waals surface area contributed by atoms with Crippen LogP contribution in [0.5, 0.6) is 0 Å². The van der Waals surface area contributed by atoms with Crippen molar-refractivity contribution in [3.8, 4) is 0 Å². The zero-order valence-electron chi connectivity index (χ0n) is 18.1. The van der Waals surface area contributed by atoms with Crippen molar-refractivity contribution in [1.29, 1.82) is 0 Å². The second-order valence-corrected chi connectivity index (χ2v) is 7.39. The van der Waals surface area contributed by atoms with Gasteiger partial charge in [-0.15, -0.1) is 0 Å². The standard InChI is InChI=1S/C24H28N4O3/c1-4-27(5-2)24(31)16-28-13-12-19-15-21(10-11-22(19)28)26-23(30)14-18-6-8-20(9-7-18)25-17(3)29/h6-13,15H,4-5,14,16H2,1-3H3,(H,25,29)(H,26,30). The van der Waals surface area contributed by atoms with Crippen LogP contribution in [-0.4, -0.2) is 40.3 Å². The van der Waals surface area contributed by atoms with E-state index < -0.39 is 0 Å². The van der Waals surface area contributed by atoms with E-state index in [0.29, 0.717) is 31.0 Å². The molecule has 1 heterocycles. The lowest BCUT2D eigenvalue weighted by molar-refractivity contribution is -0.131. The molecule has 7 heteroatoms. The molecule has 0 aliphatic rings. The first-order chi connectivity index (χ1) is 14.9. The van der Waals surface area contributed by atoms with Gasteiger partial charge in [0.2, 0.25) is 17.7 Å². The maximum Gasteiger partial charge on any atom is 0.242 e. The number of rotatable bonds is 8. The third kappa shape index (κ3) is 5.72. The Morgan fingerprint density at radius 1 is 0.903 bits per heavy atom. The Morgan fingerprint density at radius 2 is 1.58 bits per heavy atom. The van der Waals surface area contributed by atoms with Gasteiger partial charge in [-0.2, -0.15) is 0 Å². The monoisotopic (exact) mass is 420 g/mol. The summed E-state index contributed by atoms with van der Waals surface area (Å²) in [6.07, 6.45) is 2.13. The van der Waals surface area contributed by atoms with E-state index >= 15 is 0 Å². The Balaban J connectivity index is 1.63. The van der Waals surface area contributed by atoms with E-state index in [4.69, 9.17) is 0 Å². The number of carbonyl (C=O) groups excluding carboxylic acids is 3. The highest BCUT2D eigenvalue weighted by Gasteiger charge is 2.12. The van der Waals surface area contributed by atoms with E-state index in [-0.39, 0.29) is 24.1 Å². The van der Waals surface area contributed by atoms with Crippen molar-refractivity contribution in [2.45, 2.75) is 33.7 Å². The van der Waals surface area contributed by atoms with Gasteiger partial charge in [0, 0.05) is 48.5 Å². The first kappa shape index (κ1) is 22.1. The zero-order valence-corrected chi connectivity index (χ0v) is 18.1. The molecule has 0 saturated heterocycles. The molecule has 0 saturated carbocycles. The number of benzene rings is 2. The van der Waals surface area contributed by atoms with Gasteiger partial charge >= 0.3 is 0 Å². The smallest absolute Gasteiger partial charge is 0.242 e. The molecule has 0 unspecified atom stereocenters. The molecule has 0 atom stereocenters. The minimum absolute atomic E-state index is 0.0874. The van der Waals surface area contributed by atoms with Crippen molar-refractivity contribution in [3.05, 3.63) is 60.3 Å². The van der Waals surface area contributed by atoms with Gasteiger partial charge in [-0.3, -0.25) is 14.4 Å². The lowest BCUT2D eigenvalue weighted by Gasteiger charge is -2.19. The first-order valence-corrected chi connectivity index (χ1v) is 10.4. The Hall–Kier alpha value is -3.61. The molecule has 162 valence electrons. The van der Waals surface area contributed by atoms with Crippen LogP contribution in [0.25, 0.3) is 10.9 Å². The molecule has 2 aromatic carbocycles. The van der Waals surface area contributed by atoms with Crippen molar-refractivity contribution >= 4 is 40.0 Å². The molecule has 3 rings (SSSR count). The summed E-state index contributed by atoms with van der Waals surface area (Å²) in [5, 5.41) is 6.59. The van der Waals surface area contributed by atoms with Crippen LogP contribution in [0.15, 0.2) is 54.7 Å². The van der Waals surface area contributed by atoms with Crippen molar-refractivity contribution in [2.24, 2.45) is 0 Å². The normalized spacial score (nSPS) is 10.7. The van der Waals surface area contributed by atoms with Gasteiger partial charge in [0.05, 0.1) is 6.42 Å². The fourth-order valence-corrected chi connectivity index (χ4v) is 3.54. The minimum atomic E-state index is -0.132. The van der Waals surface area contributed by atoms with E-state index in [9.17, 15) is 14.4 Å². The second kappa shape index (κ2) is 9.93. The van der Waals surface area contributed by atoms with Crippen LogP contribution in [0, 0.1) is 0 Å². The summed E-state index contributed by atoms with van der Waals surface area (Å²) in [6, 6.07) is 14.8. The molecular formula is C24H28N4O3. The third-order valence-corrected chi connectivity index (χ3v) is 5.12. The number of likely N-dealkylation sites (N-methyl/N-ethyl adjacent to an activating group) is 1. The summed E-state index contributed by atoms with van der Waals surface area (Å²) in [7, 11) is 0. The highest BCUT2D eigenvalue weighted by molar-refractivity contribution is 5.95. The first-order valence-electron chi connectivity index (χ1n) is 10.4. The fraction of sp³-hybridized carbons (Fsp3) is 0.292. The maximum absolute atomic E-state index is 12.4. The summed E-state index contributed by atoms with van der Waals surface area (Å²) >= 11 is 0. The molecule has 0 aliphatic carbocycles. The Labute approximate surface area is 182 Å². The van der Waals surface area contributed by atoms with Crippen molar-refractivity contribution < 1.29 is 14.4 Å². The number of nitrogens with one attached hydrogen (secondary N) is 2. The number of hydrogen-bond acceptors (Lipinski definition) is 3. The van der Waals surface area contributed by atoms with Gasteiger partial charge in [0.1, 0.15) is 6.54 Å². The quantitative estimate of drug-likeness (QED) is 0.583. The molecule has 0 aliphatic heterocycles. The Morgan fingerprint density at radius 3 is 2.23 bits per heavy atom. The van der Waals surface area contributed by atoms with E-state index in [1.54, 1.807) is 12.1 Å². The van der Waals surface area contributed by atoms with Crippen molar-refractivity contribution in [3.63, 3.8) is 0 Å². The lowest BCUT2D eigenvalue weighted by Crippen LogP contribution is -2.33. The molecule has 3 aromatic rings. The summed E-state index contributed by atoms with van der Waals surface area (Å²) in [5.74, 6) is -0.167. The number of anilines is 2. The van der Waals surface area contributed by atoms with Crippen LogP contribution < -0.4 is 10.6 Å². The average molecular weight is 421 g/mol. The molecule has 1 aromatic heterocycles. The molecule has 7 nitrogen and oxygen atoms in total. The SMILES string of the molecule is CCN(CC)C(=O)Cn1ccc2cc(NC(=O)Cc3ccc(NC(C)=O)cc3)ccc21. The van der Waals surface area contributed by atoms with Crippen LogP contribution in [-0.2, 0) is 27.3 Å². The molecule has 0 fully saturated rings. The number of carbonyl (C=O) groups is 3. The summed E-state index contributed by atoms with van der Waals surface area (Å²) < 4.78 is 1.93. The largest absolute Gasteiger partial charge is 0.342 e. The average Bonchev–Trinajstić information content (AvgIpc) is 3.12. The number of amides is 3. The van der Waals surface area contributed by atoms with E-state index in [1.165, 1.54) is 6.92 Å². The number of hydrogen-bond donors (Lipinski definition) is 2. The molecular weight excluding hydrogens is 392 g/mol. The topological polar surface area (TPSA) is 83.4 Å². The van der Waals surface area contributed by atoms with Crippen molar-refractivity contribution in [2.75, 3.05) is 23.7 Å². The minimum Gasteiger partial charge on any atom is -0.342 e. The summed E-state index contributed by atoms with van der Waals surface area (Å²) in [6.45, 7) is 7.09. The molecule has 0 bridgehead atoms. The van der Waals surface area contributed by atoms with Crippen LogP contribution in [0.2, 0.25) is 0 Å². The fourth-order valence-electron chi connectivity index (χ4n) is 3.54. The molecule has 3 amide bonds. The van der Waals surface area contributed by atoms with E-state index in [0.717, 1.165) is 16.5 Å². The van der Waals surface area contributed by atoms with Crippen LogP contribution in [0.1, 0.15) is 26.3 Å². The van der Waals surface area contributed by atoms with Gasteiger partial charge in [-0.25, -0.2) is 0 Å². The molecule has 2 N–H and O–H groups in total.